The zero-order valence-corrected chi connectivity index (χ0v) is 6.80. The summed E-state index contributed by atoms with van der Waals surface area (Å²) in [6.45, 7) is 3.85. The molecular weight excluding hydrogens is 128 g/mol. The van der Waals surface area contributed by atoms with Crippen molar-refractivity contribution >= 4 is 0 Å². The van der Waals surface area contributed by atoms with E-state index in [0.717, 1.165) is 12.8 Å². The van der Waals surface area contributed by atoms with Gasteiger partial charge in [-0.1, -0.05) is 20.3 Å². The van der Waals surface area contributed by atoms with Crippen molar-refractivity contribution < 1.29 is 5.11 Å². The minimum atomic E-state index is -1.17. The second-order valence-corrected chi connectivity index (χ2v) is 2.74. The van der Waals surface area contributed by atoms with E-state index in [9.17, 15) is 5.11 Å². The van der Waals surface area contributed by atoms with Gasteiger partial charge < -0.3 is 16.6 Å². The SMILES string of the molecule is CCCC(N)C(N)(O)CC. The van der Waals surface area contributed by atoms with Crippen LogP contribution in [0.2, 0.25) is 0 Å². The van der Waals surface area contributed by atoms with Crippen LogP contribution in [0.1, 0.15) is 33.1 Å². The van der Waals surface area contributed by atoms with Gasteiger partial charge in [-0.25, -0.2) is 0 Å². The van der Waals surface area contributed by atoms with E-state index in [1.54, 1.807) is 0 Å². The average molecular weight is 146 g/mol. The Morgan fingerprint density at radius 2 is 2.00 bits per heavy atom. The predicted molar refractivity (Wildman–Crippen MR) is 42.3 cm³/mol. The number of nitrogens with two attached hydrogens (primary N) is 2. The van der Waals surface area contributed by atoms with E-state index in [1.165, 1.54) is 0 Å². The Morgan fingerprint density at radius 1 is 1.50 bits per heavy atom. The summed E-state index contributed by atoms with van der Waals surface area (Å²) in [5, 5.41) is 9.38. The van der Waals surface area contributed by atoms with E-state index in [4.69, 9.17) is 11.5 Å². The fourth-order valence-electron chi connectivity index (χ4n) is 0.823. The molecule has 0 saturated heterocycles. The van der Waals surface area contributed by atoms with E-state index in [-0.39, 0.29) is 6.04 Å². The highest BCUT2D eigenvalue weighted by Gasteiger charge is 2.25. The van der Waals surface area contributed by atoms with Gasteiger partial charge in [0.2, 0.25) is 0 Å². The number of hydrogen-bond donors (Lipinski definition) is 3. The topological polar surface area (TPSA) is 72.3 Å². The quantitative estimate of drug-likeness (QED) is 0.495. The van der Waals surface area contributed by atoms with Crippen molar-refractivity contribution in [1.82, 2.24) is 0 Å². The standard InChI is InChI=1S/C7H18N2O/c1-3-5-6(8)7(9,10)4-2/h6,10H,3-5,8-9H2,1-2H3. The molecule has 0 saturated carbocycles. The van der Waals surface area contributed by atoms with Crippen LogP contribution in [0.5, 0.6) is 0 Å². The lowest BCUT2D eigenvalue weighted by Gasteiger charge is -2.28. The normalized spacial score (nSPS) is 20.1. The monoisotopic (exact) mass is 146 g/mol. The zero-order valence-electron chi connectivity index (χ0n) is 6.80. The third-order valence-corrected chi connectivity index (χ3v) is 1.81. The maximum atomic E-state index is 9.38. The van der Waals surface area contributed by atoms with Gasteiger partial charge in [-0.15, -0.1) is 0 Å². The zero-order chi connectivity index (χ0) is 8.20. The van der Waals surface area contributed by atoms with Crippen LogP contribution in [0, 0.1) is 0 Å². The molecule has 0 aromatic heterocycles. The first kappa shape index (κ1) is 9.88. The van der Waals surface area contributed by atoms with Gasteiger partial charge in [0.25, 0.3) is 0 Å². The molecule has 3 nitrogen and oxygen atoms in total. The van der Waals surface area contributed by atoms with Crippen LogP contribution in [0.3, 0.4) is 0 Å². The van der Waals surface area contributed by atoms with Crippen LogP contribution in [0.25, 0.3) is 0 Å². The first-order valence-corrected chi connectivity index (χ1v) is 3.81. The molecule has 0 amide bonds. The summed E-state index contributed by atoms with van der Waals surface area (Å²) in [6.07, 6.45) is 2.25. The van der Waals surface area contributed by atoms with Crippen molar-refractivity contribution in [3.8, 4) is 0 Å². The molecule has 62 valence electrons. The predicted octanol–water partition coefficient (Wildman–Crippen LogP) is 0.171. The van der Waals surface area contributed by atoms with Crippen molar-refractivity contribution in [3.63, 3.8) is 0 Å². The molecule has 0 heterocycles. The van der Waals surface area contributed by atoms with Crippen molar-refractivity contribution in [1.29, 1.82) is 0 Å². The van der Waals surface area contributed by atoms with Crippen LogP contribution in [-0.4, -0.2) is 16.9 Å². The second kappa shape index (κ2) is 3.91. The van der Waals surface area contributed by atoms with Gasteiger partial charge in [0.15, 0.2) is 0 Å². The molecule has 0 radical (unpaired) electrons. The summed E-state index contributed by atoms with van der Waals surface area (Å²) in [7, 11) is 0. The summed E-state index contributed by atoms with van der Waals surface area (Å²) < 4.78 is 0. The third-order valence-electron chi connectivity index (χ3n) is 1.81. The van der Waals surface area contributed by atoms with Crippen molar-refractivity contribution in [2.24, 2.45) is 11.5 Å². The molecule has 0 aliphatic heterocycles. The van der Waals surface area contributed by atoms with Crippen molar-refractivity contribution in [2.45, 2.75) is 44.9 Å². The fourth-order valence-corrected chi connectivity index (χ4v) is 0.823. The molecule has 2 unspecified atom stereocenters. The highest BCUT2D eigenvalue weighted by atomic mass is 16.3. The van der Waals surface area contributed by atoms with Crippen LogP contribution >= 0.6 is 0 Å². The first-order chi connectivity index (χ1) is 4.54. The van der Waals surface area contributed by atoms with E-state index in [1.807, 2.05) is 13.8 Å². The van der Waals surface area contributed by atoms with Crippen LogP contribution in [-0.2, 0) is 0 Å². The van der Waals surface area contributed by atoms with Crippen LogP contribution in [0.4, 0.5) is 0 Å². The van der Waals surface area contributed by atoms with Gasteiger partial charge >= 0.3 is 0 Å². The fraction of sp³-hybridized carbons (Fsp3) is 1.00. The van der Waals surface area contributed by atoms with E-state index >= 15 is 0 Å². The van der Waals surface area contributed by atoms with Crippen molar-refractivity contribution in [3.05, 3.63) is 0 Å². The minimum Gasteiger partial charge on any atom is -0.374 e. The Hall–Kier alpha value is -0.120. The molecule has 0 rings (SSSR count). The second-order valence-electron chi connectivity index (χ2n) is 2.74. The lowest BCUT2D eigenvalue weighted by Crippen LogP contribution is -2.54. The van der Waals surface area contributed by atoms with Crippen LogP contribution in [0.15, 0.2) is 0 Å². The van der Waals surface area contributed by atoms with Gasteiger partial charge in [-0.2, -0.15) is 0 Å². The third kappa shape index (κ3) is 2.64. The smallest absolute Gasteiger partial charge is 0.128 e. The van der Waals surface area contributed by atoms with E-state index < -0.39 is 5.72 Å². The maximum absolute atomic E-state index is 9.38. The molecule has 2 atom stereocenters. The van der Waals surface area contributed by atoms with Gasteiger partial charge in [0.1, 0.15) is 5.72 Å². The lowest BCUT2D eigenvalue weighted by molar-refractivity contribution is 0.0136. The molecule has 5 N–H and O–H groups in total. The van der Waals surface area contributed by atoms with Gasteiger partial charge in [0, 0.05) is 6.04 Å². The summed E-state index contributed by atoms with van der Waals surface area (Å²) >= 11 is 0. The first-order valence-electron chi connectivity index (χ1n) is 3.81. The van der Waals surface area contributed by atoms with Gasteiger partial charge in [0.05, 0.1) is 0 Å². The Balaban J connectivity index is 3.78. The molecule has 0 aliphatic carbocycles. The largest absolute Gasteiger partial charge is 0.374 e. The number of aliphatic hydroxyl groups is 1. The minimum absolute atomic E-state index is 0.289. The molecule has 0 aliphatic rings. The molecule has 3 heteroatoms. The number of rotatable bonds is 4. The molecule has 0 aromatic carbocycles. The summed E-state index contributed by atoms with van der Waals surface area (Å²) in [5.41, 5.74) is 9.90. The Bertz CT molecular complexity index is 93.6. The van der Waals surface area contributed by atoms with Gasteiger partial charge in [-0.05, 0) is 12.8 Å². The highest BCUT2D eigenvalue weighted by molar-refractivity contribution is 4.81. The lowest BCUT2D eigenvalue weighted by atomic mass is 9.99. The maximum Gasteiger partial charge on any atom is 0.128 e. The Morgan fingerprint density at radius 3 is 2.30 bits per heavy atom. The summed E-state index contributed by atoms with van der Waals surface area (Å²) in [4.78, 5) is 0. The molecule has 0 aromatic rings. The molecule has 0 fully saturated rings. The number of hydrogen-bond acceptors (Lipinski definition) is 3. The Labute approximate surface area is 62.4 Å². The molecular formula is C7H18N2O. The van der Waals surface area contributed by atoms with E-state index in [2.05, 4.69) is 0 Å². The van der Waals surface area contributed by atoms with Crippen LogP contribution < -0.4 is 11.5 Å². The Kier molecular flexibility index (Phi) is 3.86. The van der Waals surface area contributed by atoms with E-state index in [0.29, 0.717) is 6.42 Å². The molecule has 0 spiro atoms. The average Bonchev–Trinajstić information content (AvgIpc) is 1.89. The molecule has 0 bridgehead atoms. The van der Waals surface area contributed by atoms with Crippen molar-refractivity contribution in [2.75, 3.05) is 0 Å². The summed E-state index contributed by atoms with van der Waals surface area (Å²) in [6, 6.07) is -0.289. The highest BCUT2D eigenvalue weighted by Crippen LogP contribution is 2.09. The van der Waals surface area contributed by atoms with Gasteiger partial charge in [-0.3, -0.25) is 0 Å². The molecule has 10 heavy (non-hydrogen) atoms. The summed E-state index contributed by atoms with van der Waals surface area (Å²) in [5.74, 6) is 0.